The van der Waals surface area contributed by atoms with E-state index >= 15 is 0 Å². The maximum Gasteiger partial charge on any atom is -1.00 e. The standard InChI is InChI=1S/2C7H6Cl.2ClH.Sn/c2*1-6-2-4-7(8)5-3-6;;;/h2*2-5H,1H2;2*1H;/q;;;;+2/p-2. The van der Waals surface area contributed by atoms with Crippen LogP contribution in [0.15, 0.2) is 48.5 Å². The van der Waals surface area contributed by atoms with Gasteiger partial charge in [-0.05, 0) is 0 Å². The molecular formula is C14H12Cl4Sn. The summed E-state index contributed by atoms with van der Waals surface area (Å²) in [5.74, 6) is 0. The van der Waals surface area contributed by atoms with Gasteiger partial charge in [0.1, 0.15) is 0 Å². The van der Waals surface area contributed by atoms with Gasteiger partial charge in [0.05, 0.1) is 0 Å². The van der Waals surface area contributed by atoms with Gasteiger partial charge in [0.25, 0.3) is 0 Å². The average molecular weight is 441 g/mol. The van der Waals surface area contributed by atoms with Crippen molar-refractivity contribution in [3.8, 4) is 0 Å². The first-order valence-electron chi connectivity index (χ1n) is 5.43. The molecule has 100 valence electrons. The summed E-state index contributed by atoms with van der Waals surface area (Å²) in [5, 5.41) is 1.63. The number of hydrogen-bond acceptors (Lipinski definition) is 0. The molecule has 0 aliphatic rings. The zero-order chi connectivity index (χ0) is 12.1. The molecule has 19 heavy (non-hydrogen) atoms. The van der Waals surface area contributed by atoms with Gasteiger partial charge in [-0.3, -0.25) is 0 Å². The van der Waals surface area contributed by atoms with Crippen molar-refractivity contribution in [3.05, 3.63) is 69.7 Å². The molecule has 0 bridgehead atoms. The van der Waals surface area contributed by atoms with Crippen molar-refractivity contribution in [1.29, 1.82) is 0 Å². The van der Waals surface area contributed by atoms with Crippen LogP contribution in [0.2, 0.25) is 10.0 Å². The van der Waals surface area contributed by atoms with Crippen molar-refractivity contribution in [3.63, 3.8) is 0 Å². The van der Waals surface area contributed by atoms with E-state index in [1.807, 2.05) is 24.3 Å². The number of halogens is 4. The van der Waals surface area contributed by atoms with Crippen molar-refractivity contribution in [2.75, 3.05) is 0 Å². The van der Waals surface area contributed by atoms with E-state index in [1.54, 1.807) is 0 Å². The third kappa shape index (κ3) is 7.10. The minimum Gasteiger partial charge on any atom is -1.00 e. The van der Waals surface area contributed by atoms with Crippen LogP contribution in [0.4, 0.5) is 0 Å². The Morgan fingerprint density at radius 3 is 1.26 bits per heavy atom. The van der Waals surface area contributed by atoms with Crippen LogP contribution in [0.5, 0.6) is 0 Å². The van der Waals surface area contributed by atoms with Crippen LogP contribution in [0.25, 0.3) is 0 Å². The molecule has 0 saturated heterocycles. The predicted octanol–water partition coefficient (Wildman–Crippen LogP) is -1.59. The monoisotopic (exact) mass is 440 g/mol. The van der Waals surface area contributed by atoms with Gasteiger partial charge in [-0.15, -0.1) is 0 Å². The van der Waals surface area contributed by atoms with Crippen molar-refractivity contribution in [1.82, 2.24) is 0 Å². The molecule has 2 aromatic carbocycles. The maximum atomic E-state index is 5.86. The third-order valence-corrected chi connectivity index (χ3v) is 6.75. The third-order valence-electron chi connectivity index (χ3n) is 2.48. The summed E-state index contributed by atoms with van der Waals surface area (Å²) in [6.07, 6.45) is 0. The van der Waals surface area contributed by atoms with Crippen molar-refractivity contribution in [2.45, 2.75) is 8.87 Å². The fourth-order valence-corrected chi connectivity index (χ4v) is 5.16. The molecule has 2 rings (SSSR count). The number of benzene rings is 2. The Bertz CT molecular complexity index is 422. The Kier molecular flexibility index (Phi) is 10.4. The van der Waals surface area contributed by atoms with E-state index in [1.165, 1.54) is 20.0 Å². The van der Waals surface area contributed by atoms with E-state index < -0.39 is 0 Å². The molecule has 0 atom stereocenters. The van der Waals surface area contributed by atoms with E-state index in [2.05, 4.69) is 24.3 Å². The molecule has 0 N–H and O–H groups in total. The summed E-state index contributed by atoms with van der Waals surface area (Å²) in [5.41, 5.74) is 2.82. The van der Waals surface area contributed by atoms with Gasteiger partial charge in [0.15, 0.2) is 0 Å². The van der Waals surface area contributed by atoms with E-state index in [9.17, 15) is 0 Å². The molecule has 0 aromatic heterocycles. The zero-order valence-corrected chi connectivity index (χ0v) is 15.9. The Balaban J connectivity index is 0.00000162. The first-order valence-corrected chi connectivity index (χ1v) is 10.2. The number of hydrogen-bond donors (Lipinski definition) is 0. The van der Waals surface area contributed by atoms with Crippen LogP contribution < -0.4 is 24.8 Å². The van der Waals surface area contributed by atoms with Gasteiger partial charge in [-0.25, -0.2) is 0 Å². The fourth-order valence-electron chi connectivity index (χ4n) is 1.56. The summed E-state index contributed by atoms with van der Waals surface area (Å²) >= 11 is 11.3. The minimum atomic E-state index is -0.373. The molecule has 0 aliphatic carbocycles. The summed E-state index contributed by atoms with van der Waals surface area (Å²) < 4.78 is 2.51. The molecule has 2 aromatic rings. The van der Waals surface area contributed by atoms with Crippen molar-refractivity contribution < 1.29 is 24.8 Å². The molecule has 0 aliphatic heterocycles. The second-order valence-corrected chi connectivity index (χ2v) is 8.17. The average Bonchev–Trinajstić information content (AvgIpc) is 2.34. The molecule has 0 fully saturated rings. The smallest absolute Gasteiger partial charge is 1.00 e. The van der Waals surface area contributed by atoms with Gasteiger partial charge in [0, 0.05) is 0 Å². The summed E-state index contributed by atoms with van der Waals surface area (Å²) in [7, 11) is 0. The van der Waals surface area contributed by atoms with Gasteiger partial charge in [-0.2, -0.15) is 0 Å². The Hall–Kier alpha value is 0.399. The molecule has 5 heteroatoms. The minimum absolute atomic E-state index is 0. The van der Waals surface area contributed by atoms with Gasteiger partial charge < -0.3 is 24.8 Å². The zero-order valence-electron chi connectivity index (χ0n) is 10.0. The Morgan fingerprint density at radius 1 is 0.632 bits per heavy atom. The normalized spacial score (nSPS) is 8.95. The topological polar surface area (TPSA) is 0 Å². The van der Waals surface area contributed by atoms with Gasteiger partial charge in [-0.1, -0.05) is 0 Å². The first kappa shape index (κ1) is 19.4. The van der Waals surface area contributed by atoms with Crippen LogP contribution in [0.1, 0.15) is 11.1 Å². The van der Waals surface area contributed by atoms with E-state index in [0.717, 1.165) is 10.0 Å². The molecule has 0 unspecified atom stereocenters. The van der Waals surface area contributed by atoms with Gasteiger partial charge >= 0.3 is 123 Å². The molecule has 0 nitrogen and oxygen atoms in total. The Morgan fingerprint density at radius 2 is 0.947 bits per heavy atom. The van der Waals surface area contributed by atoms with Crippen molar-refractivity contribution >= 4 is 44.3 Å². The van der Waals surface area contributed by atoms with Crippen LogP contribution in [0, 0.1) is 0 Å². The predicted molar refractivity (Wildman–Crippen MR) is 76.1 cm³/mol. The molecule has 0 saturated carbocycles. The summed E-state index contributed by atoms with van der Waals surface area (Å²) in [6.45, 7) is 0. The van der Waals surface area contributed by atoms with E-state index in [-0.39, 0.29) is 46.0 Å². The molecule has 0 heterocycles. The Labute approximate surface area is 146 Å². The summed E-state index contributed by atoms with van der Waals surface area (Å²) in [6, 6.07) is 16.4. The first-order chi connectivity index (χ1) is 8.24. The molecule has 0 radical (unpaired) electrons. The molecule has 0 amide bonds. The van der Waals surface area contributed by atoms with Crippen LogP contribution in [0.3, 0.4) is 0 Å². The molecule has 0 spiro atoms. The van der Waals surface area contributed by atoms with Crippen molar-refractivity contribution in [2.24, 2.45) is 0 Å². The van der Waals surface area contributed by atoms with Crippen LogP contribution >= 0.6 is 23.2 Å². The maximum absolute atomic E-state index is 5.86. The van der Waals surface area contributed by atoms with E-state index in [0.29, 0.717) is 0 Å². The largest absolute Gasteiger partial charge is 1.00 e. The fraction of sp³-hybridized carbons (Fsp3) is 0.143. The molecular weight excluding hydrogens is 429 g/mol. The van der Waals surface area contributed by atoms with Crippen LogP contribution in [-0.4, -0.2) is 21.1 Å². The van der Waals surface area contributed by atoms with Crippen LogP contribution in [-0.2, 0) is 8.87 Å². The quantitative estimate of drug-likeness (QED) is 0.503. The van der Waals surface area contributed by atoms with E-state index in [4.69, 9.17) is 23.2 Å². The second-order valence-electron chi connectivity index (χ2n) is 3.86. The second kappa shape index (κ2) is 10.2. The summed E-state index contributed by atoms with van der Waals surface area (Å²) in [4.78, 5) is 0. The number of rotatable bonds is 4. The SMILES string of the molecule is Clc1ccc([CH2][Sn+2][CH2]c2ccc(Cl)cc2)cc1.[Cl-].[Cl-]. The van der Waals surface area contributed by atoms with Gasteiger partial charge in [0.2, 0.25) is 0 Å².